The summed E-state index contributed by atoms with van der Waals surface area (Å²) in [7, 11) is 1.29. The lowest BCUT2D eigenvalue weighted by atomic mass is 10.2. The first-order valence-corrected chi connectivity index (χ1v) is 6.48. The van der Waals surface area contributed by atoms with Crippen molar-refractivity contribution in [2.75, 3.05) is 7.11 Å². The van der Waals surface area contributed by atoms with Gasteiger partial charge in [-0.25, -0.2) is 14.6 Å². The molecule has 2 rings (SSSR count). The summed E-state index contributed by atoms with van der Waals surface area (Å²) in [5.41, 5.74) is 0.523. The van der Waals surface area contributed by atoms with E-state index in [0.29, 0.717) is 5.56 Å². The van der Waals surface area contributed by atoms with Gasteiger partial charge in [0.15, 0.2) is 0 Å². The van der Waals surface area contributed by atoms with E-state index in [1.54, 1.807) is 0 Å². The van der Waals surface area contributed by atoms with Crippen LogP contribution < -0.4 is 4.74 Å². The maximum absolute atomic E-state index is 11.9. The fourth-order valence-electron chi connectivity index (χ4n) is 1.48. The summed E-state index contributed by atoms with van der Waals surface area (Å²) in [6, 6.07) is 7.30. The molecule has 0 fully saturated rings. The lowest BCUT2D eigenvalue weighted by molar-refractivity contribution is 0.0600. The van der Waals surface area contributed by atoms with Gasteiger partial charge in [-0.15, -0.1) is 0 Å². The molecule has 7 heteroatoms. The van der Waals surface area contributed by atoms with Crippen LogP contribution in [0.1, 0.15) is 20.7 Å². The van der Waals surface area contributed by atoms with Gasteiger partial charge in [-0.1, -0.05) is 23.2 Å². The molecule has 0 aliphatic rings. The second-order valence-corrected chi connectivity index (χ2v) is 4.67. The Morgan fingerprint density at radius 3 is 2.29 bits per heavy atom. The molecule has 0 atom stereocenters. The average molecular weight is 326 g/mol. The van der Waals surface area contributed by atoms with Crippen LogP contribution in [-0.4, -0.2) is 24.0 Å². The second kappa shape index (κ2) is 6.56. The summed E-state index contributed by atoms with van der Waals surface area (Å²) in [5.74, 6) is -0.827. The maximum Gasteiger partial charge on any atom is 0.345 e. The highest BCUT2D eigenvalue weighted by Gasteiger charge is 2.12. The van der Waals surface area contributed by atoms with Gasteiger partial charge in [0.2, 0.25) is 0 Å². The van der Waals surface area contributed by atoms with Crippen molar-refractivity contribution in [2.45, 2.75) is 0 Å². The van der Waals surface area contributed by atoms with Crippen molar-refractivity contribution in [1.82, 2.24) is 4.98 Å². The summed E-state index contributed by atoms with van der Waals surface area (Å²) in [6.07, 6.45) is 1.26. The monoisotopic (exact) mass is 325 g/mol. The number of benzene rings is 1. The predicted molar refractivity (Wildman–Crippen MR) is 77.0 cm³/mol. The molecule has 0 aliphatic carbocycles. The molecule has 1 heterocycles. The number of esters is 2. The van der Waals surface area contributed by atoms with E-state index in [-0.39, 0.29) is 21.5 Å². The van der Waals surface area contributed by atoms with Gasteiger partial charge < -0.3 is 9.47 Å². The van der Waals surface area contributed by atoms with Crippen LogP contribution in [0.15, 0.2) is 36.5 Å². The van der Waals surface area contributed by atoms with E-state index in [1.165, 1.54) is 43.6 Å². The highest BCUT2D eigenvalue weighted by molar-refractivity contribution is 6.41. The number of pyridine rings is 1. The first-order chi connectivity index (χ1) is 10.0. The van der Waals surface area contributed by atoms with E-state index in [0.717, 1.165) is 0 Å². The number of carbonyl (C=O) groups excluding carboxylic acids is 2. The Morgan fingerprint density at radius 2 is 1.71 bits per heavy atom. The number of halogens is 2. The smallest absolute Gasteiger partial charge is 0.345 e. The molecule has 0 saturated carbocycles. The van der Waals surface area contributed by atoms with Crippen LogP contribution in [-0.2, 0) is 4.74 Å². The number of methoxy groups -OCH3 is 1. The highest BCUT2D eigenvalue weighted by atomic mass is 35.5. The third-order valence-corrected chi connectivity index (χ3v) is 3.20. The van der Waals surface area contributed by atoms with Crippen LogP contribution in [0.3, 0.4) is 0 Å². The quantitative estimate of drug-likeness (QED) is 0.491. The normalized spacial score (nSPS) is 10.0. The van der Waals surface area contributed by atoms with E-state index in [1.807, 2.05) is 0 Å². The van der Waals surface area contributed by atoms with Crippen molar-refractivity contribution < 1.29 is 19.1 Å². The zero-order valence-electron chi connectivity index (χ0n) is 10.8. The molecule has 1 aromatic heterocycles. The molecule has 0 aliphatic heterocycles. The largest absolute Gasteiger partial charge is 0.465 e. The Balaban J connectivity index is 2.12. The van der Waals surface area contributed by atoms with Crippen LogP contribution in [0.2, 0.25) is 10.2 Å². The zero-order chi connectivity index (χ0) is 15.4. The first-order valence-electron chi connectivity index (χ1n) is 5.73. The van der Waals surface area contributed by atoms with Crippen molar-refractivity contribution in [3.05, 3.63) is 57.8 Å². The van der Waals surface area contributed by atoms with E-state index in [4.69, 9.17) is 27.9 Å². The van der Waals surface area contributed by atoms with Crippen molar-refractivity contribution in [3.63, 3.8) is 0 Å². The van der Waals surface area contributed by atoms with Crippen molar-refractivity contribution in [1.29, 1.82) is 0 Å². The van der Waals surface area contributed by atoms with Crippen LogP contribution in [0.5, 0.6) is 5.75 Å². The predicted octanol–water partition coefficient (Wildman–Crippen LogP) is 3.39. The van der Waals surface area contributed by atoms with E-state index < -0.39 is 11.9 Å². The second-order valence-electron chi connectivity index (χ2n) is 3.90. The Labute approximate surface area is 130 Å². The third kappa shape index (κ3) is 3.71. The molecule has 0 amide bonds. The van der Waals surface area contributed by atoms with Crippen LogP contribution in [0.4, 0.5) is 0 Å². The minimum absolute atomic E-state index is 0.107. The van der Waals surface area contributed by atoms with Gasteiger partial charge in [0.25, 0.3) is 0 Å². The maximum atomic E-state index is 11.9. The molecule has 0 N–H and O–H groups in total. The van der Waals surface area contributed by atoms with Gasteiger partial charge in [0.1, 0.15) is 10.9 Å². The summed E-state index contributed by atoms with van der Waals surface area (Å²) >= 11 is 11.4. The first kappa shape index (κ1) is 15.3. The van der Waals surface area contributed by atoms with E-state index in [2.05, 4.69) is 9.72 Å². The van der Waals surface area contributed by atoms with Gasteiger partial charge in [-0.2, -0.15) is 0 Å². The minimum Gasteiger partial charge on any atom is -0.465 e. The minimum atomic E-state index is -0.633. The number of hydrogen-bond donors (Lipinski definition) is 0. The molecule has 21 heavy (non-hydrogen) atoms. The van der Waals surface area contributed by atoms with Gasteiger partial charge >= 0.3 is 11.9 Å². The zero-order valence-corrected chi connectivity index (χ0v) is 12.3. The van der Waals surface area contributed by atoms with Crippen molar-refractivity contribution >= 4 is 35.1 Å². The van der Waals surface area contributed by atoms with E-state index >= 15 is 0 Å². The number of rotatable bonds is 3. The average Bonchev–Trinajstić information content (AvgIpc) is 2.50. The summed E-state index contributed by atoms with van der Waals surface area (Å²) in [6.45, 7) is 0. The molecular weight excluding hydrogens is 317 g/mol. The lowest BCUT2D eigenvalue weighted by Gasteiger charge is -2.05. The number of carbonyl (C=O) groups is 2. The van der Waals surface area contributed by atoms with Crippen LogP contribution in [0.25, 0.3) is 0 Å². The molecule has 0 saturated heterocycles. The summed E-state index contributed by atoms with van der Waals surface area (Å²) in [4.78, 5) is 26.9. The number of nitrogens with zero attached hydrogens (tertiary/aromatic N) is 1. The molecule has 108 valence electrons. The molecule has 5 nitrogen and oxygen atoms in total. The molecule has 0 bridgehead atoms. The summed E-state index contributed by atoms with van der Waals surface area (Å²) < 4.78 is 9.70. The highest BCUT2D eigenvalue weighted by Crippen LogP contribution is 2.21. The third-order valence-electron chi connectivity index (χ3n) is 2.52. The fourth-order valence-corrected chi connectivity index (χ4v) is 1.75. The molecule has 2 aromatic rings. The SMILES string of the molecule is COC(=O)c1ccc(OC(=O)c2cnc(Cl)c(Cl)c2)cc1. The van der Waals surface area contributed by atoms with Gasteiger partial charge in [0, 0.05) is 6.20 Å². The Morgan fingerprint density at radius 1 is 1.05 bits per heavy atom. The Hall–Kier alpha value is -2.11. The van der Waals surface area contributed by atoms with Crippen LogP contribution >= 0.6 is 23.2 Å². The van der Waals surface area contributed by atoms with Crippen LogP contribution in [0, 0.1) is 0 Å². The standard InChI is InChI=1S/C14H9Cl2NO4/c1-20-13(18)8-2-4-10(5-3-8)21-14(19)9-6-11(15)12(16)17-7-9/h2-7H,1H3. The van der Waals surface area contributed by atoms with Gasteiger partial charge in [-0.05, 0) is 30.3 Å². The van der Waals surface area contributed by atoms with Crippen molar-refractivity contribution in [3.8, 4) is 5.75 Å². The molecule has 0 spiro atoms. The van der Waals surface area contributed by atoms with Gasteiger partial charge in [-0.3, -0.25) is 0 Å². The number of hydrogen-bond acceptors (Lipinski definition) is 5. The van der Waals surface area contributed by atoms with Gasteiger partial charge in [0.05, 0.1) is 23.3 Å². The number of ether oxygens (including phenoxy) is 2. The Bertz CT molecular complexity index is 686. The molecule has 1 aromatic carbocycles. The molecule has 0 radical (unpaired) electrons. The molecular formula is C14H9Cl2NO4. The summed E-state index contributed by atoms with van der Waals surface area (Å²) in [5, 5.41) is 0.266. The topological polar surface area (TPSA) is 65.5 Å². The Kier molecular flexibility index (Phi) is 4.77. The fraction of sp³-hybridized carbons (Fsp3) is 0.0714. The van der Waals surface area contributed by atoms with E-state index in [9.17, 15) is 9.59 Å². The molecule has 0 unspecified atom stereocenters. The van der Waals surface area contributed by atoms with Crippen molar-refractivity contribution in [2.24, 2.45) is 0 Å². The lowest BCUT2D eigenvalue weighted by Crippen LogP contribution is -2.09. The number of aromatic nitrogens is 1.